The predicted octanol–water partition coefficient (Wildman–Crippen LogP) is 3.32. The van der Waals surface area contributed by atoms with Crippen molar-refractivity contribution in [1.82, 2.24) is 9.62 Å². The Morgan fingerprint density at radius 3 is 2.52 bits per heavy atom. The van der Waals surface area contributed by atoms with E-state index in [-0.39, 0.29) is 5.91 Å². The molecule has 146 valence electrons. The number of rotatable bonds is 9. The Kier molecular flexibility index (Phi) is 8.16. The number of nitrogens with one attached hydrogen (secondary N) is 1. The smallest absolute Gasteiger partial charge is 0.243 e. The molecule has 0 fully saturated rings. The van der Waals surface area contributed by atoms with Crippen LogP contribution in [0, 0.1) is 0 Å². The minimum atomic E-state index is -3.52. The normalized spacial score (nSPS) is 12.7. The molecule has 0 aliphatic heterocycles. The van der Waals surface area contributed by atoms with Crippen molar-refractivity contribution in [2.75, 3.05) is 25.6 Å². The Balaban J connectivity index is 1.92. The SMILES string of the molecule is CN(C(C(=O)NCCSCc1cccc(Cl)c1)c1ccccc1)S(C)(=O)=O. The predicted molar refractivity (Wildman–Crippen MR) is 112 cm³/mol. The van der Waals surface area contributed by atoms with Gasteiger partial charge in [0.1, 0.15) is 6.04 Å². The van der Waals surface area contributed by atoms with E-state index >= 15 is 0 Å². The van der Waals surface area contributed by atoms with E-state index in [4.69, 9.17) is 11.6 Å². The van der Waals surface area contributed by atoms with Crippen molar-refractivity contribution in [1.29, 1.82) is 0 Å². The van der Waals surface area contributed by atoms with Crippen LogP contribution in [0.5, 0.6) is 0 Å². The first-order chi connectivity index (χ1) is 12.8. The lowest BCUT2D eigenvalue weighted by atomic mass is 10.1. The van der Waals surface area contributed by atoms with Crippen molar-refractivity contribution < 1.29 is 13.2 Å². The maximum atomic E-state index is 12.7. The molecule has 2 aromatic rings. The fraction of sp³-hybridized carbons (Fsp3) is 0.316. The molecular weight excluding hydrogens is 404 g/mol. The number of carbonyl (C=O) groups is 1. The zero-order valence-corrected chi connectivity index (χ0v) is 17.7. The summed E-state index contributed by atoms with van der Waals surface area (Å²) in [5.74, 6) is 1.17. The fourth-order valence-corrected chi connectivity index (χ4v) is 4.13. The van der Waals surface area contributed by atoms with Gasteiger partial charge in [0.2, 0.25) is 15.9 Å². The number of likely N-dealkylation sites (N-methyl/N-ethyl adjacent to an activating group) is 1. The highest BCUT2D eigenvalue weighted by Crippen LogP contribution is 2.22. The number of sulfonamides is 1. The largest absolute Gasteiger partial charge is 0.354 e. The second kappa shape index (κ2) is 10.1. The summed E-state index contributed by atoms with van der Waals surface area (Å²) in [6, 6.07) is 15.7. The van der Waals surface area contributed by atoms with E-state index in [0.717, 1.165) is 21.9 Å². The van der Waals surface area contributed by atoms with Crippen molar-refractivity contribution in [3.8, 4) is 0 Å². The van der Waals surface area contributed by atoms with Gasteiger partial charge in [-0.2, -0.15) is 16.1 Å². The lowest BCUT2D eigenvalue weighted by Gasteiger charge is -2.25. The molecule has 1 unspecified atom stereocenters. The van der Waals surface area contributed by atoms with Crippen molar-refractivity contribution in [3.63, 3.8) is 0 Å². The summed E-state index contributed by atoms with van der Waals surface area (Å²) in [6.07, 6.45) is 1.09. The third-order valence-corrected chi connectivity index (χ3v) is 6.48. The highest BCUT2D eigenvalue weighted by Gasteiger charge is 2.30. The lowest BCUT2D eigenvalue weighted by Crippen LogP contribution is -2.41. The molecule has 1 atom stereocenters. The van der Waals surface area contributed by atoms with Gasteiger partial charge < -0.3 is 5.32 Å². The summed E-state index contributed by atoms with van der Waals surface area (Å²) < 4.78 is 25.0. The Labute approximate surface area is 170 Å². The number of amides is 1. The molecule has 0 aliphatic rings. The summed E-state index contributed by atoms with van der Waals surface area (Å²) in [7, 11) is -2.10. The van der Waals surface area contributed by atoms with E-state index < -0.39 is 16.1 Å². The van der Waals surface area contributed by atoms with Gasteiger partial charge in [0.15, 0.2) is 0 Å². The fourth-order valence-electron chi connectivity index (χ4n) is 2.51. The van der Waals surface area contributed by atoms with Crippen LogP contribution in [0.25, 0.3) is 0 Å². The molecule has 1 amide bonds. The van der Waals surface area contributed by atoms with Crippen molar-refractivity contribution in [2.24, 2.45) is 0 Å². The molecule has 5 nitrogen and oxygen atoms in total. The summed E-state index contributed by atoms with van der Waals surface area (Å²) in [4.78, 5) is 12.7. The summed E-state index contributed by atoms with van der Waals surface area (Å²) in [6.45, 7) is 0.449. The Morgan fingerprint density at radius 2 is 1.89 bits per heavy atom. The Morgan fingerprint density at radius 1 is 1.19 bits per heavy atom. The summed E-state index contributed by atoms with van der Waals surface area (Å²) in [5, 5.41) is 3.54. The molecule has 0 saturated heterocycles. The highest BCUT2D eigenvalue weighted by molar-refractivity contribution is 7.98. The van der Waals surface area contributed by atoms with Crippen molar-refractivity contribution in [3.05, 3.63) is 70.7 Å². The van der Waals surface area contributed by atoms with Crippen LogP contribution in [0.15, 0.2) is 54.6 Å². The van der Waals surface area contributed by atoms with Crippen LogP contribution in [-0.4, -0.2) is 44.2 Å². The van der Waals surface area contributed by atoms with Gasteiger partial charge in [0.25, 0.3) is 0 Å². The Bertz CT molecular complexity index is 860. The van der Waals surface area contributed by atoms with Gasteiger partial charge >= 0.3 is 0 Å². The molecule has 2 rings (SSSR count). The zero-order chi connectivity index (χ0) is 19.9. The van der Waals surface area contributed by atoms with Gasteiger partial charge in [-0.25, -0.2) is 8.42 Å². The van der Waals surface area contributed by atoms with Crippen LogP contribution in [0.4, 0.5) is 0 Å². The minimum absolute atomic E-state index is 0.336. The number of hydrogen-bond acceptors (Lipinski definition) is 4. The molecule has 1 N–H and O–H groups in total. The average Bonchev–Trinajstić information content (AvgIpc) is 2.62. The molecule has 0 saturated carbocycles. The number of benzene rings is 2. The second-order valence-electron chi connectivity index (χ2n) is 6.07. The molecular formula is C19H23ClN2O3S2. The Hall–Kier alpha value is -1.54. The van der Waals surface area contributed by atoms with E-state index in [2.05, 4.69) is 5.32 Å². The lowest BCUT2D eigenvalue weighted by molar-refractivity contribution is -0.124. The van der Waals surface area contributed by atoms with Crippen LogP contribution in [-0.2, 0) is 20.6 Å². The molecule has 0 aliphatic carbocycles. The molecule has 0 heterocycles. The van der Waals surface area contributed by atoms with Gasteiger partial charge in [-0.1, -0.05) is 54.1 Å². The van der Waals surface area contributed by atoms with Crippen molar-refractivity contribution >= 4 is 39.3 Å². The van der Waals surface area contributed by atoms with Crippen LogP contribution >= 0.6 is 23.4 Å². The van der Waals surface area contributed by atoms with E-state index in [9.17, 15) is 13.2 Å². The maximum Gasteiger partial charge on any atom is 0.243 e. The van der Waals surface area contributed by atoms with Gasteiger partial charge in [-0.05, 0) is 23.3 Å². The number of nitrogens with zero attached hydrogens (tertiary/aromatic N) is 1. The number of hydrogen-bond donors (Lipinski definition) is 1. The van der Waals surface area contributed by atoms with Crippen molar-refractivity contribution in [2.45, 2.75) is 11.8 Å². The van der Waals surface area contributed by atoms with Crippen LogP contribution in [0.1, 0.15) is 17.2 Å². The first-order valence-corrected chi connectivity index (χ1v) is 11.7. The summed E-state index contributed by atoms with van der Waals surface area (Å²) >= 11 is 7.64. The number of carbonyl (C=O) groups excluding carboxylic acids is 1. The summed E-state index contributed by atoms with van der Waals surface area (Å²) in [5.41, 5.74) is 1.76. The van der Waals surface area contributed by atoms with Crippen LogP contribution < -0.4 is 5.32 Å². The van der Waals surface area contributed by atoms with E-state index in [0.29, 0.717) is 22.9 Å². The zero-order valence-electron chi connectivity index (χ0n) is 15.3. The molecule has 0 spiro atoms. The molecule has 2 aromatic carbocycles. The average molecular weight is 427 g/mol. The van der Waals surface area contributed by atoms with E-state index in [1.807, 2.05) is 30.3 Å². The van der Waals surface area contributed by atoms with Crippen LogP contribution in [0.2, 0.25) is 5.02 Å². The standard InChI is InChI=1S/C19H23ClN2O3S2/c1-22(27(2,24)25)18(16-8-4-3-5-9-16)19(23)21-11-12-26-14-15-7-6-10-17(20)13-15/h3-10,13,18H,11-12,14H2,1-2H3,(H,21,23). The topological polar surface area (TPSA) is 66.5 Å². The van der Waals surface area contributed by atoms with E-state index in [1.54, 1.807) is 36.0 Å². The van der Waals surface area contributed by atoms with E-state index in [1.165, 1.54) is 7.05 Å². The molecule has 8 heteroatoms. The van der Waals surface area contributed by atoms with Gasteiger partial charge in [0, 0.05) is 30.1 Å². The molecule has 0 aromatic heterocycles. The minimum Gasteiger partial charge on any atom is -0.354 e. The van der Waals surface area contributed by atoms with Gasteiger partial charge in [0.05, 0.1) is 6.26 Å². The van der Waals surface area contributed by atoms with Gasteiger partial charge in [-0.3, -0.25) is 4.79 Å². The first-order valence-electron chi connectivity index (χ1n) is 8.37. The molecule has 0 bridgehead atoms. The monoisotopic (exact) mass is 426 g/mol. The van der Waals surface area contributed by atoms with Gasteiger partial charge in [-0.15, -0.1) is 0 Å². The molecule has 0 radical (unpaired) electrons. The third-order valence-electron chi connectivity index (χ3n) is 3.95. The third kappa shape index (κ3) is 6.84. The molecule has 27 heavy (non-hydrogen) atoms. The number of halogens is 1. The maximum absolute atomic E-state index is 12.7. The first kappa shape index (κ1) is 21.8. The second-order valence-corrected chi connectivity index (χ2v) is 9.65. The number of thioether (sulfide) groups is 1. The highest BCUT2D eigenvalue weighted by atomic mass is 35.5. The quantitative estimate of drug-likeness (QED) is 0.624. The van der Waals surface area contributed by atoms with Crippen LogP contribution in [0.3, 0.4) is 0 Å².